The fraction of sp³-hybridized carbons (Fsp3) is 0.389. The van der Waals surface area contributed by atoms with Gasteiger partial charge in [-0.1, -0.05) is 12.1 Å². The molecule has 1 aromatic heterocycles. The number of piperazine rings is 1. The molecule has 3 rings (SSSR count). The number of nitrogen functional groups attached to an aromatic ring is 1. The first-order valence-electron chi connectivity index (χ1n) is 8.16. The zero-order valence-corrected chi connectivity index (χ0v) is 14.1. The summed E-state index contributed by atoms with van der Waals surface area (Å²) in [4.78, 5) is 25.6. The van der Waals surface area contributed by atoms with Crippen molar-refractivity contribution in [1.29, 1.82) is 0 Å². The zero-order chi connectivity index (χ0) is 17.2. The standard InChI is InChI=1S/C18H23N5O/c1-18(2,14-4-6-15(19)7-5-14)16(24)22-10-12-23(13-11-22)17-20-8-3-9-21-17/h3-9H,10-13,19H2,1-2H3. The number of aromatic nitrogens is 2. The highest BCUT2D eigenvalue weighted by Gasteiger charge is 2.35. The Balaban J connectivity index is 1.67. The fourth-order valence-electron chi connectivity index (χ4n) is 2.98. The predicted octanol–water partition coefficient (Wildman–Crippen LogP) is 1.69. The molecule has 126 valence electrons. The van der Waals surface area contributed by atoms with E-state index in [2.05, 4.69) is 14.9 Å². The van der Waals surface area contributed by atoms with Crippen molar-refractivity contribution in [3.05, 3.63) is 48.3 Å². The summed E-state index contributed by atoms with van der Waals surface area (Å²) in [6.45, 7) is 6.77. The van der Waals surface area contributed by atoms with Gasteiger partial charge in [0.15, 0.2) is 0 Å². The molecule has 0 atom stereocenters. The lowest BCUT2D eigenvalue weighted by atomic mass is 9.83. The Labute approximate surface area is 142 Å². The molecule has 6 nitrogen and oxygen atoms in total. The summed E-state index contributed by atoms with van der Waals surface area (Å²) in [6.07, 6.45) is 3.48. The van der Waals surface area contributed by atoms with Crippen LogP contribution >= 0.6 is 0 Å². The highest BCUT2D eigenvalue weighted by molar-refractivity contribution is 5.87. The molecule has 2 N–H and O–H groups in total. The van der Waals surface area contributed by atoms with E-state index in [1.54, 1.807) is 18.5 Å². The zero-order valence-electron chi connectivity index (χ0n) is 14.1. The molecule has 0 radical (unpaired) electrons. The maximum absolute atomic E-state index is 13.0. The normalized spacial score (nSPS) is 15.4. The molecule has 1 saturated heterocycles. The second-order valence-corrected chi connectivity index (χ2v) is 6.58. The van der Waals surface area contributed by atoms with Crippen LogP contribution in [-0.4, -0.2) is 47.0 Å². The summed E-state index contributed by atoms with van der Waals surface area (Å²) in [5, 5.41) is 0. The van der Waals surface area contributed by atoms with Crippen LogP contribution in [0.3, 0.4) is 0 Å². The minimum atomic E-state index is -0.570. The third-order valence-corrected chi connectivity index (χ3v) is 4.57. The summed E-state index contributed by atoms with van der Waals surface area (Å²) in [5.41, 5.74) is 6.87. The lowest BCUT2D eigenvalue weighted by molar-refractivity contribution is -0.136. The van der Waals surface area contributed by atoms with Gasteiger partial charge in [0.05, 0.1) is 5.41 Å². The van der Waals surface area contributed by atoms with Gasteiger partial charge < -0.3 is 15.5 Å². The van der Waals surface area contributed by atoms with Crippen LogP contribution in [0, 0.1) is 0 Å². The molecule has 1 aliphatic heterocycles. The second kappa shape index (κ2) is 6.47. The highest BCUT2D eigenvalue weighted by Crippen LogP contribution is 2.27. The first-order chi connectivity index (χ1) is 11.5. The van der Waals surface area contributed by atoms with Gasteiger partial charge in [-0.2, -0.15) is 0 Å². The van der Waals surface area contributed by atoms with Crippen molar-refractivity contribution in [2.75, 3.05) is 36.8 Å². The van der Waals surface area contributed by atoms with Crippen molar-refractivity contribution in [3.63, 3.8) is 0 Å². The first kappa shape index (κ1) is 16.2. The number of rotatable bonds is 3. The van der Waals surface area contributed by atoms with Crippen LogP contribution in [0.4, 0.5) is 11.6 Å². The third kappa shape index (κ3) is 3.18. The van der Waals surface area contributed by atoms with E-state index in [9.17, 15) is 4.79 Å². The molecule has 1 amide bonds. The monoisotopic (exact) mass is 325 g/mol. The molecule has 0 bridgehead atoms. The van der Waals surface area contributed by atoms with Crippen LogP contribution in [0.25, 0.3) is 0 Å². The maximum atomic E-state index is 13.0. The highest BCUT2D eigenvalue weighted by atomic mass is 16.2. The van der Waals surface area contributed by atoms with E-state index < -0.39 is 5.41 Å². The average Bonchev–Trinajstić information content (AvgIpc) is 2.62. The van der Waals surface area contributed by atoms with Crippen LogP contribution in [-0.2, 0) is 10.2 Å². The van der Waals surface area contributed by atoms with E-state index in [0.717, 1.165) is 24.6 Å². The van der Waals surface area contributed by atoms with Crippen molar-refractivity contribution < 1.29 is 4.79 Å². The Morgan fingerprint density at radius 2 is 1.62 bits per heavy atom. The van der Waals surface area contributed by atoms with Gasteiger partial charge in [-0.05, 0) is 37.6 Å². The lowest BCUT2D eigenvalue weighted by Gasteiger charge is -2.38. The number of hydrogen-bond acceptors (Lipinski definition) is 5. The number of benzene rings is 1. The summed E-state index contributed by atoms with van der Waals surface area (Å²) in [6, 6.07) is 9.35. The first-order valence-corrected chi connectivity index (χ1v) is 8.16. The van der Waals surface area contributed by atoms with Crippen molar-refractivity contribution >= 4 is 17.5 Å². The van der Waals surface area contributed by atoms with Gasteiger partial charge in [0.1, 0.15) is 0 Å². The lowest BCUT2D eigenvalue weighted by Crippen LogP contribution is -2.53. The minimum absolute atomic E-state index is 0.140. The van der Waals surface area contributed by atoms with Crippen LogP contribution < -0.4 is 10.6 Å². The van der Waals surface area contributed by atoms with Crippen molar-refractivity contribution in [2.24, 2.45) is 0 Å². The molecule has 0 saturated carbocycles. The van der Waals surface area contributed by atoms with Gasteiger partial charge in [-0.3, -0.25) is 4.79 Å². The number of nitrogens with two attached hydrogens (primary N) is 1. The van der Waals surface area contributed by atoms with Gasteiger partial charge in [0, 0.05) is 44.3 Å². The minimum Gasteiger partial charge on any atom is -0.399 e. The van der Waals surface area contributed by atoms with Gasteiger partial charge >= 0.3 is 0 Å². The van der Waals surface area contributed by atoms with Gasteiger partial charge in [0.2, 0.25) is 11.9 Å². The second-order valence-electron chi connectivity index (χ2n) is 6.58. The molecule has 0 aliphatic carbocycles. The summed E-state index contributed by atoms with van der Waals surface area (Å²) in [7, 11) is 0. The summed E-state index contributed by atoms with van der Waals surface area (Å²) < 4.78 is 0. The van der Waals surface area contributed by atoms with Crippen LogP contribution in [0.5, 0.6) is 0 Å². The maximum Gasteiger partial charge on any atom is 0.232 e. The molecular weight excluding hydrogens is 302 g/mol. The van der Waals surface area contributed by atoms with Crippen molar-refractivity contribution in [3.8, 4) is 0 Å². The van der Waals surface area contributed by atoms with Gasteiger partial charge in [-0.15, -0.1) is 0 Å². The smallest absolute Gasteiger partial charge is 0.232 e. The number of anilines is 2. The number of carbonyl (C=O) groups is 1. The van der Waals surface area contributed by atoms with Crippen LogP contribution in [0.15, 0.2) is 42.7 Å². The van der Waals surface area contributed by atoms with Gasteiger partial charge in [0.25, 0.3) is 0 Å². The Morgan fingerprint density at radius 3 is 2.21 bits per heavy atom. The Bertz CT molecular complexity index is 691. The van der Waals surface area contributed by atoms with E-state index in [4.69, 9.17) is 5.73 Å². The van der Waals surface area contributed by atoms with Gasteiger partial charge in [-0.25, -0.2) is 9.97 Å². The van der Waals surface area contributed by atoms with E-state index in [1.807, 2.05) is 43.0 Å². The van der Waals surface area contributed by atoms with Crippen LogP contribution in [0.2, 0.25) is 0 Å². The van der Waals surface area contributed by atoms with E-state index in [-0.39, 0.29) is 5.91 Å². The quantitative estimate of drug-likeness (QED) is 0.869. The van der Waals surface area contributed by atoms with Crippen molar-refractivity contribution in [1.82, 2.24) is 14.9 Å². The van der Waals surface area contributed by atoms with E-state index >= 15 is 0 Å². The molecule has 1 aromatic carbocycles. The van der Waals surface area contributed by atoms with E-state index in [0.29, 0.717) is 18.8 Å². The van der Waals surface area contributed by atoms with Crippen molar-refractivity contribution in [2.45, 2.75) is 19.3 Å². The van der Waals surface area contributed by atoms with E-state index in [1.165, 1.54) is 0 Å². The Morgan fingerprint density at radius 1 is 1.04 bits per heavy atom. The topological polar surface area (TPSA) is 75.4 Å². The number of hydrogen-bond donors (Lipinski definition) is 1. The Hall–Kier alpha value is -2.63. The number of carbonyl (C=O) groups excluding carboxylic acids is 1. The largest absolute Gasteiger partial charge is 0.399 e. The number of amides is 1. The molecule has 2 heterocycles. The summed E-state index contributed by atoms with van der Waals surface area (Å²) in [5.74, 6) is 0.864. The molecular formula is C18H23N5O. The summed E-state index contributed by atoms with van der Waals surface area (Å²) >= 11 is 0. The predicted molar refractivity (Wildman–Crippen MR) is 94.7 cm³/mol. The average molecular weight is 325 g/mol. The van der Waals surface area contributed by atoms with Crippen LogP contribution in [0.1, 0.15) is 19.4 Å². The fourth-order valence-corrected chi connectivity index (χ4v) is 2.98. The molecule has 2 aromatic rings. The molecule has 1 fully saturated rings. The SMILES string of the molecule is CC(C)(C(=O)N1CCN(c2ncccn2)CC1)c1ccc(N)cc1. The Kier molecular flexibility index (Phi) is 4.38. The molecule has 0 spiro atoms. The molecule has 0 unspecified atom stereocenters. The molecule has 24 heavy (non-hydrogen) atoms. The molecule has 1 aliphatic rings. The third-order valence-electron chi connectivity index (χ3n) is 4.57. The number of nitrogens with zero attached hydrogens (tertiary/aromatic N) is 4. The molecule has 6 heteroatoms.